The number of carbonyl (C=O) groups excluding carboxylic acids is 3. The van der Waals surface area contributed by atoms with E-state index in [-0.39, 0.29) is 11.6 Å². The molecule has 0 atom stereocenters. The lowest BCUT2D eigenvalue weighted by Crippen LogP contribution is -2.46. The quantitative estimate of drug-likeness (QED) is 0.819. The number of pyridine rings is 1. The van der Waals surface area contributed by atoms with Gasteiger partial charge in [0.25, 0.3) is 5.91 Å². The molecular formula is C15H19N3O4. The Morgan fingerprint density at radius 2 is 2.00 bits per heavy atom. The maximum atomic E-state index is 11.6. The van der Waals surface area contributed by atoms with Gasteiger partial charge in [0.1, 0.15) is 0 Å². The zero-order chi connectivity index (χ0) is 15.8. The molecule has 0 radical (unpaired) electrons. The minimum atomic E-state index is -0.662. The minimum absolute atomic E-state index is 0.111. The van der Waals surface area contributed by atoms with Crippen LogP contribution in [-0.2, 0) is 9.53 Å². The van der Waals surface area contributed by atoms with Crippen molar-refractivity contribution in [3.05, 3.63) is 30.1 Å². The van der Waals surface area contributed by atoms with E-state index in [4.69, 9.17) is 4.74 Å². The summed E-state index contributed by atoms with van der Waals surface area (Å²) in [5.41, 5.74) is 0.252. The predicted octanol–water partition coefficient (Wildman–Crippen LogP) is 1.40. The summed E-state index contributed by atoms with van der Waals surface area (Å²) in [5, 5.41) is 4.90. The van der Waals surface area contributed by atoms with Gasteiger partial charge in [-0.05, 0) is 25.0 Å². The van der Waals surface area contributed by atoms with E-state index in [1.807, 2.05) is 0 Å². The van der Waals surface area contributed by atoms with Crippen LogP contribution in [0.25, 0.3) is 0 Å². The van der Waals surface area contributed by atoms with Gasteiger partial charge in [-0.3, -0.25) is 15.1 Å². The maximum absolute atomic E-state index is 11.6. The van der Waals surface area contributed by atoms with Crippen molar-refractivity contribution in [3.8, 4) is 0 Å². The molecule has 1 heterocycles. The first-order chi connectivity index (χ1) is 10.6. The number of aromatic nitrogens is 1. The van der Waals surface area contributed by atoms with Gasteiger partial charge in [-0.2, -0.15) is 0 Å². The SMILES string of the molecule is O=C(COC(=O)c1cccnc1)NC(=O)NC1CCCCC1. The summed E-state index contributed by atoms with van der Waals surface area (Å²) in [6.45, 7) is -0.508. The van der Waals surface area contributed by atoms with Crippen molar-refractivity contribution in [1.29, 1.82) is 0 Å². The first-order valence-corrected chi connectivity index (χ1v) is 7.32. The lowest BCUT2D eigenvalue weighted by atomic mass is 9.96. The van der Waals surface area contributed by atoms with Crippen molar-refractivity contribution in [2.24, 2.45) is 0 Å². The molecule has 1 aliphatic carbocycles. The monoisotopic (exact) mass is 305 g/mol. The normalized spacial score (nSPS) is 14.9. The third-order valence-corrected chi connectivity index (χ3v) is 3.42. The molecule has 2 rings (SSSR count). The number of urea groups is 1. The van der Waals surface area contributed by atoms with Crippen molar-refractivity contribution in [1.82, 2.24) is 15.6 Å². The van der Waals surface area contributed by atoms with Gasteiger partial charge in [-0.1, -0.05) is 19.3 Å². The average molecular weight is 305 g/mol. The van der Waals surface area contributed by atoms with Gasteiger partial charge in [-0.15, -0.1) is 0 Å². The topological polar surface area (TPSA) is 97.4 Å². The van der Waals surface area contributed by atoms with Crippen molar-refractivity contribution < 1.29 is 19.1 Å². The molecule has 0 aromatic carbocycles. The summed E-state index contributed by atoms with van der Waals surface area (Å²) < 4.78 is 4.81. The van der Waals surface area contributed by atoms with E-state index in [9.17, 15) is 14.4 Å². The second-order valence-corrected chi connectivity index (χ2v) is 5.17. The number of hydrogen-bond donors (Lipinski definition) is 2. The van der Waals surface area contributed by atoms with Gasteiger partial charge >= 0.3 is 12.0 Å². The Labute approximate surface area is 128 Å². The van der Waals surface area contributed by atoms with E-state index in [0.717, 1.165) is 25.7 Å². The van der Waals surface area contributed by atoms with Crippen LogP contribution in [-0.4, -0.2) is 35.5 Å². The standard InChI is InChI=1S/C15H19N3O4/c19-13(10-22-14(20)11-5-4-8-16-9-11)18-15(21)17-12-6-2-1-3-7-12/h4-5,8-9,12H,1-3,6-7,10H2,(H2,17,18,19,21). The molecule has 3 amide bonds. The number of amides is 3. The molecule has 0 spiro atoms. The number of carbonyl (C=O) groups is 3. The Kier molecular flexibility index (Phi) is 5.88. The van der Waals surface area contributed by atoms with E-state index < -0.39 is 24.5 Å². The largest absolute Gasteiger partial charge is 0.452 e. The summed E-state index contributed by atoms with van der Waals surface area (Å²) in [4.78, 5) is 38.6. The highest BCUT2D eigenvalue weighted by molar-refractivity contribution is 5.97. The molecule has 1 aromatic rings. The first kappa shape index (κ1) is 15.9. The third kappa shape index (κ3) is 5.16. The molecule has 1 aliphatic rings. The van der Waals surface area contributed by atoms with E-state index >= 15 is 0 Å². The van der Waals surface area contributed by atoms with Gasteiger partial charge in [0.2, 0.25) is 0 Å². The highest BCUT2D eigenvalue weighted by atomic mass is 16.5. The van der Waals surface area contributed by atoms with Crippen LogP contribution in [0.2, 0.25) is 0 Å². The van der Waals surface area contributed by atoms with E-state index in [1.165, 1.54) is 24.9 Å². The molecule has 7 heteroatoms. The van der Waals surface area contributed by atoms with Crippen molar-refractivity contribution >= 4 is 17.9 Å². The fourth-order valence-electron chi connectivity index (χ4n) is 2.33. The van der Waals surface area contributed by atoms with Crippen LogP contribution >= 0.6 is 0 Å². The second kappa shape index (κ2) is 8.11. The smallest absolute Gasteiger partial charge is 0.340 e. The Balaban J connectivity index is 1.68. The maximum Gasteiger partial charge on any atom is 0.340 e. The molecule has 0 saturated heterocycles. The van der Waals surface area contributed by atoms with E-state index in [1.54, 1.807) is 6.07 Å². The van der Waals surface area contributed by atoms with Gasteiger partial charge in [0.05, 0.1) is 5.56 Å². The van der Waals surface area contributed by atoms with Crippen molar-refractivity contribution in [3.63, 3.8) is 0 Å². The van der Waals surface area contributed by atoms with Crippen LogP contribution in [0.1, 0.15) is 42.5 Å². The van der Waals surface area contributed by atoms with Crippen LogP contribution in [0.3, 0.4) is 0 Å². The third-order valence-electron chi connectivity index (χ3n) is 3.42. The van der Waals surface area contributed by atoms with Crippen LogP contribution in [0.5, 0.6) is 0 Å². The highest BCUT2D eigenvalue weighted by Gasteiger charge is 2.17. The van der Waals surface area contributed by atoms with Gasteiger partial charge in [0.15, 0.2) is 6.61 Å². The molecular weight excluding hydrogens is 286 g/mol. The Hall–Kier alpha value is -2.44. The zero-order valence-electron chi connectivity index (χ0n) is 12.2. The molecule has 1 aromatic heterocycles. The van der Waals surface area contributed by atoms with Crippen LogP contribution in [0.15, 0.2) is 24.5 Å². The van der Waals surface area contributed by atoms with Crippen LogP contribution in [0, 0.1) is 0 Å². The zero-order valence-corrected chi connectivity index (χ0v) is 12.2. The minimum Gasteiger partial charge on any atom is -0.452 e. The Morgan fingerprint density at radius 1 is 1.23 bits per heavy atom. The predicted molar refractivity (Wildman–Crippen MR) is 78.1 cm³/mol. The first-order valence-electron chi connectivity index (χ1n) is 7.32. The highest BCUT2D eigenvalue weighted by Crippen LogP contribution is 2.17. The number of imide groups is 1. The summed E-state index contributed by atoms with van der Waals surface area (Å²) in [5.74, 6) is -1.32. The van der Waals surface area contributed by atoms with Crippen molar-refractivity contribution in [2.45, 2.75) is 38.1 Å². The fourth-order valence-corrected chi connectivity index (χ4v) is 2.33. The summed E-state index contributed by atoms with van der Waals surface area (Å²) >= 11 is 0. The molecule has 1 saturated carbocycles. The van der Waals surface area contributed by atoms with Crippen LogP contribution < -0.4 is 10.6 Å². The van der Waals surface area contributed by atoms with Gasteiger partial charge < -0.3 is 10.1 Å². The van der Waals surface area contributed by atoms with Crippen molar-refractivity contribution in [2.75, 3.05) is 6.61 Å². The molecule has 0 bridgehead atoms. The molecule has 0 unspecified atom stereocenters. The van der Waals surface area contributed by atoms with E-state index in [0.29, 0.717) is 0 Å². The number of hydrogen-bond acceptors (Lipinski definition) is 5. The second-order valence-electron chi connectivity index (χ2n) is 5.17. The fraction of sp³-hybridized carbons (Fsp3) is 0.467. The molecule has 0 aliphatic heterocycles. The molecule has 22 heavy (non-hydrogen) atoms. The molecule has 2 N–H and O–H groups in total. The van der Waals surface area contributed by atoms with Gasteiger partial charge in [0, 0.05) is 18.4 Å². The molecule has 1 fully saturated rings. The Bertz CT molecular complexity index is 527. The summed E-state index contributed by atoms with van der Waals surface area (Å²) in [6, 6.07) is 2.69. The Morgan fingerprint density at radius 3 is 2.68 bits per heavy atom. The number of ether oxygens (including phenoxy) is 1. The number of nitrogens with one attached hydrogen (secondary N) is 2. The molecule has 118 valence electrons. The molecule has 7 nitrogen and oxygen atoms in total. The lowest BCUT2D eigenvalue weighted by Gasteiger charge is -2.22. The lowest BCUT2D eigenvalue weighted by molar-refractivity contribution is -0.123. The van der Waals surface area contributed by atoms with Gasteiger partial charge in [-0.25, -0.2) is 9.59 Å². The summed E-state index contributed by atoms with van der Waals surface area (Å²) in [7, 11) is 0. The van der Waals surface area contributed by atoms with Crippen LogP contribution in [0.4, 0.5) is 4.79 Å². The number of esters is 1. The summed E-state index contributed by atoms with van der Waals surface area (Å²) in [6.07, 6.45) is 8.08. The number of nitrogens with zero attached hydrogens (tertiary/aromatic N) is 1. The number of rotatable bonds is 4. The van der Waals surface area contributed by atoms with E-state index in [2.05, 4.69) is 15.6 Å². The average Bonchev–Trinajstić information content (AvgIpc) is 2.54.